The second kappa shape index (κ2) is 3.64. The van der Waals surface area contributed by atoms with Gasteiger partial charge in [-0.05, 0) is 25.0 Å². The summed E-state index contributed by atoms with van der Waals surface area (Å²) in [6.45, 7) is 0. The molecule has 2 unspecified atom stereocenters. The number of hydrogen-bond acceptors (Lipinski definition) is 4. The normalized spacial score (nSPS) is 26.4. The second-order valence-corrected chi connectivity index (χ2v) is 4.80. The Morgan fingerprint density at radius 2 is 1.84 bits per heavy atom. The lowest BCUT2D eigenvalue weighted by molar-refractivity contribution is -0.146. The number of para-hydroxylation sites is 1. The van der Waals surface area contributed by atoms with E-state index < -0.39 is 12.2 Å². The minimum absolute atomic E-state index is 0.309. The van der Waals surface area contributed by atoms with Crippen LogP contribution in [0.25, 0.3) is 10.9 Å². The summed E-state index contributed by atoms with van der Waals surface area (Å²) in [7, 11) is 0. The number of benzene rings is 1. The Morgan fingerprint density at radius 3 is 2.58 bits per heavy atom. The molecule has 19 heavy (non-hydrogen) atoms. The third-order valence-corrected chi connectivity index (χ3v) is 3.67. The Hall–Kier alpha value is -2.21. The average Bonchev–Trinajstić information content (AvgIpc) is 3.03. The molecule has 2 aromatic rings. The van der Waals surface area contributed by atoms with Gasteiger partial charge in [0.25, 0.3) is 11.8 Å². The van der Waals surface area contributed by atoms with E-state index in [-0.39, 0.29) is 11.8 Å². The number of H-pyrrole nitrogens is 1. The van der Waals surface area contributed by atoms with E-state index in [1.165, 1.54) is 4.90 Å². The molecule has 0 spiro atoms. The third kappa shape index (κ3) is 1.37. The minimum atomic E-state index is -0.502. The Bertz CT molecular complexity index is 671. The van der Waals surface area contributed by atoms with Crippen molar-refractivity contribution in [3.63, 3.8) is 0 Å². The molecule has 0 radical (unpaired) electrons. The van der Waals surface area contributed by atoms with Crippen LogP contribution in [0.5, 0.6) is 0 Å². The number of ether oxygens (including phenoxy) is 1. The zero-order valence-corrected chi connectivity index (χ0v) is 10.00. The van der Waals surface area contributed by atoms with Crippen molar-refractivity contribution in [1.29, 1.82) is 0 Å². The number of rotatable bonds is 1. The van der Waals surface area contributed by atoms with Crippen LogP contribution < -0.4 is 4.90 Å². The van der Waals surface area contributed by atoms with Gasteiger partial charge in [0.05, 0.1) is 5.52 Å². The number of hydrogen-bond donors (Lipinski definition) is 1. The zero-order valence-electron chi connectivity index (χ0n) is 10.00. The number of morpholine rings is 1. The maximum atomic E-state index is 12.3. The number of nitrogens with zero attached hydrogens (tertiary/aromatic N) is 2. The summed E-state index contributed by atoms with van der Waals surface area (Å²) in [5, 5.41) is 7.73. The lowest BCUT2D eigenvalue weighted by atomic mass is 10.2. The fourth-order valence-corrected chi connectivity index (χ4v) is 2.73. The number of amides is 2. The first-order chi connectivity index (χ1) is 9.25. The van der Waals surface area contributed by atoms with Crippen LogP contribution in [0.15, 0.2) is 24.3 Å². The van der Waals surface area contributed by atoms with Crippen LogP contribution in [0.1, 0.15) is 12.8 Å². The number of fused-ring (bicyclic) bond motifs is 3. The van der Waals surface area contributed by atoms with E-state index in [9.17, 15) is 9.59 Å². The molecule has 2 fully saturated rings. The molecule has 2 saturated heterocycles. The van der Waals surface area contributed by atoms with Gasteiger partial charge in [-0.15, -0.1) is 0 Å². The van der Waals surface area contributed by atoms with Crippen LogP contribution in [0.2, 0.25) is 0 Å². The van der Waals surface area contributed by atoms with Crippen LogP contribution in [0, 0.1) is 0 Å². The standard InChI is InChI=1S/C13H11N3O3/c17-12-9-5-6-10(19-9)13(18)16(12)11-7-3-1-2-4-8(7)14-15-11/h1-4,9-10H,5-6H2,(H,14,15). The maximum Gasteiger partial charge on any atom is 0.264 e. The van der Waals surface area contributed by atoms with Gasteiger partial charge in [-0.2, -0.15) is 5.10 Å². The zero-order chi connectivity index (χ0) is 13.0. The van der Waals surface area contributed by atoms with Crippen molar-refractivity contribution in [2.45, 2.75) is 25.0 Å². The van der Waals surface area contributed by atoms with Crippen molar-refractivity contribution in [3.8, 4) is 0 Å². The number of carbonyl (C=O) groups excluding carboxylic acids is 2. The molecule has 0 saturated carbocycles. The van der Waals surface area contributed by atoms with E-state index >= 15 is 0 Å². The lowest BCUT2D eigenvalue weighted by Crippen LogP contribution is -2.52. The topological polar surface area (TPSA) is 75.3 Å². The van der Waals surface area contributed by atoms with E-state index in [0.717, 1.165) is 10.9 Å². The fraction of sp³-hybridized carbons (Fsp3) is 0.308. The molecule has 2 aliphatic rings. The molecule has 96 valence electrons. The van der Waals surface area contributed by atoms with Crippen LogP contribution >= 0.6 is 0 Å². The fourth-order valence-electron chi connectivity index (χ4n) is 2.73. The van der Waals surface area contributed by atoms with Crippen molar-refractivity contribution >= 4 is 28.5 Å². The van der Waals surface area contributed by atoms with Gasteiger partial charge in [0, 0.05) is 5.39 Å². The van der Waals surface area contributed by atoms with Crippen LogP contribution in [-0.2, 0) is 14.3 Å². The van der Waals surface area contributed by atoms with Gasteiger partial charge in [-0.25, -0.2) is 4.90 Å². The summed E-state index contributed by atoms with van der Waals surface area (Å²) < 4.78 is 5.38. The molecule has 6 heteroatoms. The molecule has 2 amide bonds. The van der Waals surface area contributed by atoms with Crippen molar-refractivity contribution in [1.82, 2.24) is 10.2 Å². The van der Waals surface area contributed by atoms with E-state index in [2.05, 4.69) is 10.2 Å². The van der Waals surface area contributed by atoms with Crippen LogP contribution in [-0.4, -0.2) is 34.2 Å². The highest BCUT2D eigenvalue weighted by molar-refractivity contribution is 6.22. The number of aromatic nitrogens is 2. The molecule has 6 nitrogen and oxygen atoms in total. The summed E-state index contributed by atoms with van der Waals surface area (Å²) >= 11 is 0. The number of carbonyl (C=O) groups is 2. The minimum Gasteiger partial charge on any atom is -0.355 e. The van der Waals surface area contributed by atoms with Gasteiger partial charge < -0.3 is 4.74 Å². The number of aromatic amines is 1. The number of nitrogens with one attached hydrogen (secondary N) is 1. The van der Waals surface area contributed by atoms with E-state index in [1.54, 1.807) is 0 Å². The smallest absolute Gasteiger partial charge is 0.264 e. The van der Waals surface area contributed by atoms with Gasteiger partial charge in [0.15, 0.2) is 5.82 Å². The molecule has 2 bridgehead atoms. The summed E-state index contributed by atoms with van der Waals surface area (Å²) in [5.74, 6) is -0.238. The van der Waals surface area contributed by atoms with Gasteiger partial charge in [-0.3, -0.25) is 14.7 Å². The highest BCUT2D eigenvalue weighted by Crippen LogP contribution is 2.33. The molecular weight excluding hydrogens is 246 g/mol. The monoisotopic (exact) mass is 257 g/mol. The Balaban J connectivity index is 1.87. The predicted octanol–water partition coefficient (Wildman–Crippen LogP) is 0.984. The maximum absolute atomic E-state index is 12.3. The van der Waals surface area contributed by atoms with Crippen LogP contribution in [0.4, 0.5) is 5.82 Å². The van der Waals surface area contributed by atoms with Gasteiger partial charge in [0.1, 0.15) is 12.2 Å². The molecule has 0 aliphatic carbocycles. The Morgan fingerprint density at radius 1 is 1.16 bits per heavy atom. The van der Waals surface area contributed by atoms with Crippen molar-refractivity contribution in [2.75, 3.05) is 4.90 Å². The molecular formula is C13H11N3O3. The van der Waals surface area contributed by atoms with Gasteiger partial charge in [0.2, 0.25) is 0 Å². The van der Waals surface area contributed by atoms with E-state index in [4.69, 9.17) is 4.74 Å². The molecule has 3 heterocycles. The van der Waals surface area contributed by atoms with Crippen molar-refractivity contribution in [2.24, 2.45) is 0 Å². The van der Waals surface area contributed by atoms with Gasteiger partial charge in [-0.1, -0.05) is 12.1 Å². The molecule has 1 aromatic heterocycles. The second-order valence-electron chi connectivity index (χ2n) is 4.80. The predicted molar refractivity (Wildman–Crippen MR) is 66.5 cm³/mol. The lowest BCUT2D eigenvalue weighted by Gasteiger charge is -2.28. The summed E-state index contributed by atoms with van der Waals surface area (Å²) in [4.78, 5) is 25.7. The first-order valence-corrected chi connectivity index (χ1v) is 6.22. The summed E-state index contributed by atoms with van der Waals surface area (Å²) in [6, 6.07) is 7.42. The van der Waals surface area contributed by atoms with Gasteiger partial charge >= 0.3 is 0 Å². The third-order valence-electron chi connectivity index (χ3n) is 3.67. The molecule has 2 aliphatic heterocycles. The first-order valence-electron chi connectivity index (χ1n) is 6.22. The SMILES string of the molecule is O=C1C2CCC(O2)C(=O)N1c1n[nH]c2ccccc12. The highest BCUT2D eigenvalue weighted by atomic mass is 16.5. The van der Waals surface area contributed by atoms with Crippen molar-refractivity contribution < 1.29 is 14.3 Å². The van der Waals surface area contributed by atoms with E-state index in [1.807, 2.05) is 24.3 Å². The molecule has 4 rings (SSSR count). The van der Waals surface area contributed by atoms with Crippen LogP contribution in [0.3, 0.4) is 0 Å². The highest BCUT2D eigenvalue weighted by Gasteiger charge is 2.48. The summed E-state index contributed by atoms with van der Waals surface area (Å²) in [5.41, 5.74) is 0.803. The van der Waals surface area contributed by atoms with E-state index in [0.29, 0.717) is 18.7 Å². The molecule has 1 aromatic carbocycles. The Kier molecular flexibility index (Phi) is 2.05. The quantitative estimate of drug-likeness (QED) is 0.773. The summed E-state index contributed by atoms with van der Waals surface area (Å²) in [6.07, 6.45) is 0.207. The Labute approximate surface area is 108 Å². The molecule has 2 atom stereocenters. The molecule has 1 N–H and O–H groups in total. The average molecular weight is 257 g/mol. The number of anilines is 1. The van der Waals surface area contributed by atoms with Crippen molar-refractivity contribution in [3.05, 3.63) is 24.3 Å². The number of imide groups is 1. The largest absolute Gasteiger partial charge is 0.355 e. The first kappa shape index (κ1) is 10.7.